The van der Waals surface area contributed by atoms with Crippen molar-refractivity contribution in [1.29, 1.82) is 0 Å². The Balaban J connectivity index is 1.57. The molecule has 0 unspecified atom stereocenters. The Labute approximate surface area is 195 Å². The fourth-order valence-corrected chi connectivity index (χ4v) is 7.53. The standard InChI is InChI=1S/C22H14N3O2SSeTe/c1-24-21(27)14(20(26)23-22(24)29)12-13-10-11-19(30-13)25-15-6-2-4-8-17(15)28-18-9-5-3-7-16(18)25/h2-12H,1H3/b14-12+. The van der Waals surface area contributed by atoms with Crippen molar-refractivity contribution in [2.45, 2.75) is 9.79 Å². The normalized spacial score (nSPS) is 17.1. The van der Waals surface area contributed by atoms with E-state index in [0.29, 0.717) is 4.73 Å². The summed E-state index contributed by atoms with van der Waals surface area (Å²) in [6.45, 7) is 0. The van der Waals surface area contributed by atoms with Crippen LogP contribution in [-0.4, -0.2) is 64.9 Å². The Bertz CT molecular complexity index is 1220. The first kappa shape index (κ1) is 19.9. The van der Waals surface area contributed by atoms with E-state index < -0.39 is 26.3 Å². The summed E-state index contributed by atoms with van der Waals surface area (Å²) in [5.74, 6) is -0.811. The number of nitrogens with zero attached hydrogens (tertiary/aromatic N) is 3. The molecule has 1 aromatic heterocycles. The minimum absolute atomic E-state index is 0.123. The van der Waals surface area contributed by atoms with Crippen LogP contribution in [0.2, 0.25) is 0 Å². The van der Waals surface area contributed by atoms with Crippen LogP contribution < -0.4 is 4.90 Å². The number of hydrogen-bond donors (Lipinski definition) is 0. The fraction of sp³-hybridized carbons (Fsp3) is 0.0455. The number of carbonyl (C=O) groups excluding carboxylic acids is 2. The van der Waals surface area contributed by atoms with Crippen molar-refractivity contribution in [3.8, 4) is 0 Å². The van der Waals surface area contributed by atoms with E-state index in [2.05, 4.69) is 80.5 Å². The number of benzene rings is 2. The number of amidine groups is 1. The van der Waals surface area contributed by atoms with Gasteiger partial charge < -0.3 is 0 Å². The zero-order chi connectivity index (χ0) is 20.8. The van der Waals surface area contributed by atoms with Crippen LogP contribution in [0.15, 0.2) is 81.0 Å². The zero-order valence-electron chi connectivity index (χ0n) is 15.7. The third-order valence-electron chi connectivity index (χ3n) is 4.80. The summed E-state index contributed by atoms with van der Waals surface area (Å²) >= 11 is 3.64. The van der Waals surface area contributed by atoms with E-state index in [9.17, 15) is 9.59 Å². The molecule has 8 heteroatoms. The Hall–Kier alpha value is -2.07. The SMILES string of the molecule is CN1C(=O)/C(=C/c2ccc(N3c4ccccc4Sc4ccccc43)[te]2)C(=O)N=C1[Se]. The van der Waals surface area contributed by atoms with Crippen molar-refractivity contribution in [2.75, 3.05) is 11.9 Å². The molecule has 0 bridgehead atoms. The van der Waals surface area contributed by atoms with Crippen LogP contribution >= 0.6 is 11.8 Å². The van der Waals surface area contributed by atoms with Crippen LogP contribution in [-0.2, 0) is 9.59 Å². The summed E-state index contributed by atoms with van der Waals surface area (Å²) in [7, 11) is 1.61. The molecular weight excluding hydrogens is 577 g/mol. The van der Waals surface area contributed by atoms with E-state index in [4.69, 9.17) is 0 Å². The summed E-state index contributed by atoms with van der Waals surface area (Å²) in [6.07, 6.45) is 1.72. The molecule has 147 valence electrons. The van der Waals surface area contributed by atoms with Crippen LogP contribution in [0.5, 0.6) is 0 Å². The Kier molecular flexibility index (Phi) is 5.22. The second-order valence-electron chi connectivity index (χ2n) is 6.67. The molecule has 0 atom stereocenters. The van der Waals surface area contributed by atoms with E-state index in [1.54, 1.807) is 24.9 Å². The molecule has 2 aliphatic heterocycles. The Morgan fingerprint density at radius 1 is 0.967 bits per heavy atom. The van der Waals surface area contributed by atoms with Gasteiger partial charge in [-0.3, -0.25) is 0 Å². The molecule has 0 fully saturated rings. The second kappa shape index (κ2) is 7.88. The van der Waals surface area contributed by atoms with Crippen molar-refractivity contribution in [3.05, 3.63) is 69.8 Å². The van der Waals surface area contributed by atoms with E-state index >= 15 is 0 Å². The zero-order valence-corrected chi connectivity index (χ0v) is 20.6. The molecule has 0 spiro atoms. The first-order chi connectivity index (χ1) is 14.5. The molecule has 30 heavy (non-hydrogen) atoms. The monoisotopic (exact) mass is 594 g/mol. The predicted octanol–water partition coefficient (Wildman–Crippen LogP) is 3.58. The van der Waals surface area contributed by atoms with Crippen molar-refractivity contribution < 1.29 is 9.59 Å². The number of anilines is 3. The third-order valence-corrected chi connectivity index (χ3v) is 9.60. The van der Waals surface area contributed by atoms with Crippen molar-refractivity contribution >= 4 is 85.9 Å². The van der Waals surface area contributed by atoms with Crippen LogP contribution in [0.25, 0.3) is 6.08 Å². The van der Waals surface area contributed by atoms with Gasteiger partial charge in [0.15, 0.2) is 0 Å². The summed E-state index contributed by atoms with van der Waals surface area (Å²) in [5.41, 5.74) is 2.46. The van der Waals surface area contributed by atoms with Gasteiger partial charge >= 0.3 is 197 Å². The molecule has 0 saturated heterocycles. The quantitative estimate of drug-likeness (QED) is 0.204. The summed E-state index contributed by atoms with van der Waals surface area (Å²) < 4.78 is 2.56. The van der Waals surface area contributed by atoms with Crippen LogP contribution in [0.3, 0.4) is 0 Å². The third kappa shape index (κ3) is 3.39. The topological polar surface area (TPSA) is 53.0 Å². The second-order valence-corrected chi connectivity index (χ2v) is 11.6. The molecule has 5 rings (SSSR count). The molecule has 0 aliphatic carbocycles. The maximum absolute atomic E-state index is 12.5. The number of hydrogen-bond acceptors (Lipinski definition) is 4. The number of fused-ring (bicyclic) bond motifs is 2. The molecule has 1 radical (unpaired) electrons. The molecule has 0 saturated carbocycles. The number of amides is 2. The molecule has 3 heterocycles. The Morgan fingerprint density at radius 2 is 1.60 bits per heavy atom. The molecule has 0 N–H and O–H groups in total. The first-order valence-electron chi connectivity index (χ1n) is 9.08. The number of aliphatic imine (C=N–C) groups is 1. The predicted molar refractivity (Wildman–Crippen MR) is 121 cm³/mol. The van der Waals surface area contributed by atoms with E-state index in [0.717, 1.165) is 3.58 Å². The van der Waals surface area contributed by atoms with Gasteiger partial charge in [0.2, 0.25) is 0 Å². The van der Waals surface area contributed by atoms with Gasteiger partial charge in [0.1, 0.15) is 0 Å². The minimum atomic E-state index is -0.793. The van der Waals surface area contributed by atoms with Crippen molar-refractivity contribution in [3.63, 3.8) is 0 Å². The molecule has 2 aromatic carbocycles. The van der Waals surface area contributed by atoms with Gasteiger partial charge in [-0.2, -0.15) is 0 Å². The van der Waals surface area contributed by atoms with Gasteiger partial charge in [-0.15, -0.1) is 0 Å². The van der Waals surface area contributed by atoms with Gasteiger partial charge in [-0.1, -0.05) is 0 Å². The first-order valence-corrected chi connectivity index (χ1v) is 13.1. The number of rotatable bonds is 2. The van der Waals surface area contributed by atoms with Gasteiger partial charge in [-0.05, 0) is 0 Å². The van der Waals surface area contributed by atoms with Crippen LogP contribution in [0.4, 0.5) is 15.1 Å². The average Bonchev–Trinajstić information content (AvgIpc) is 3.21. The molecule has 3 aromatic rings. The van der Waals surface area contributed by atoms with E-state index in [1.165, 1.54) is 29.8 Å². The van der Waals surface area contributed by atoms with Gasteiger partial charge in [0, 0.05) is 0 Å². The van der Waals surface area contributed by atoms with Crippen molar-refractivity contribution in [1.82, 2.24) is 4.90 Å². The molecule has 2 amide bonds. The average molecular weight is 591 g/mol. The van der Waals surface area contributed by atoms with E-state index in [1.807, 2.05) is 6.07 Å². The van der Waals surface area contributed by atoms with E-state index in [-0.39, 0.29) is 11.5 Å². The summed E-state index contributed by atoms with van der Waals surface area (Å²) in [5, 5.41) is 0. The molecular formula is C22H14N3O2SSeTe. The summed E-state index contributed by atoms with van der Waals surface area (Å²) in [6, 6.07) is 20.9. The van der Waals surface area contributed by atoms with Gasteiger partial charge in [0.05, 0.1) is 0 Å². The van der Waals surface area contributed by atoms with Crippen molar-refractivity contribution in [2.24, 2.45) is 4.99 Å². The van der Waals surface area contributed by atoms with Crippen LogP contribution in [0, 0.1) is 0 Å². The number of likely N-dealkylation sites (N-methyl/N-ethyl adjacent to an activating group) is 1. The summed E-state index contributed by atoms with van der Waals surface area (Å²) in [4.78, 5) is 34.9. The Morgan fingerprint density at radius 3 is 2.27 bits per heavy atom. The number of para-hydroxylation sites is 2. The molecule has 5 nitrogen and oxygen atoms in total. The number of carbonyl (C=O) groups is 2. The van der Waals surface area contributed by atoms with Crippen LogP contribution in [0.1, 0.15) is 3.58 Å². The van der Waals surface area contributed by atoms with Gasteiger partial charge in [-0.25, -0.2) is 0 Å². The molecule has 2 aliphatic rings. The van der Waals surface area contributed by atoms with Gasteiger partial charge in [0.25, 0.3) is 0 Å². The fourth-order valence-electron chi connectivity index (χ4n) is 3.33. The maximum atomic E-state index is 12.5.